The van der Waals surface area contributed by atoms with Crippen LogP contribution in [0.1, 0.15) is 35.2 Å². The van der Waals surface area contributed by atoms with E-state index < -0.39 is 0 Å². The standard InChI is InChI=1S/C40H30N4/c1-4-12-28(13-5-1)38-41-37-35(43(38)32-18-10-11-19-32)25-22-27-20-21-31-26-33(23-24-34(31)36(27)37)44-39(29-14-6-2-7-15-29)42-40(44)30-16-8-3-9-17-30/h1-10,12-26,38-42H. The summed E-state index contributed by atoms with van der Waals surface area (Å²) in [4.78, 5) is 4.90. The van der Waals surface area contributed by atoms with Crippen molar-refractivity contribution in [1.29, 1.82) is 0 Å². The lowest BCUT2D eigenvalue weighted by atomic mass is 9.96. The SMILES string of the molecule is C1=CC=C(N2c3ccc4ccc5cc(N6C(c7ccccc7)NC6c6ccccc6)ccc5c4c3NC2c2ccccc2)C=1. The Morgan fingerprint density at radius 3 is 1.84 bits per heavy atom. The molecule has 0 saturated carbocycles. The first-order valence-corrected chi connectivity index (χ1v) is 15.2. The minimum atomic E-state index is -0.00690. The van der Waals surface area contributed by atoms with E-state index >= 15 is 0 Å². The smallest absolute Gasteiger partial charge is 0.130 e. The lowest BCUT2D eigenvalue weighted by molar-refractivity contribution is 0.276. The Labute approximate surface area is 256 Å². The summed E-state index contributed by atoms with van der Waals surface area (Å²) >= 11 is 0. The molecule has 2 heterocycles. The molecule has 0 amide bonds. The van der Waals surface area contributed by atoms with Crippen LogP contribution in [-0.2, 0) is 0 Å². The van der Waals surface area contributed by atoms with Crippen molar-refractivity contribution in [2.45, 2.75) is 18.5 Å². The molecule has 1 saturated heterocycles. The molecule has 9 rings (SSSR count). The van der Waals surface area contributed by atoms with Crippen LogP contribution in [0.4, 0.5) is 17.1 Å². The van der Waals surface area contributed by atoms with Gasteiger partial charge in [0.15, 0.2) is 0 Å². The van der Waals surface area contributed by atoms with Crippen LogP contribution < -0.4 is 20.4 Å². The van der Waals surface area contributed by atoms with Crippen molar-refractivity contribution in [3.63, 3.8) is 0 Å². The van der Waals surface area contributed by atoms with Gasteiger partial charge in [-0.15, -0.1) is 5.73 Å². The number of hydrogen-bond donors (Lipinski definition) is 2. The second kappa shape index (κ2) is 10.0. The van der Waals surface area contributed by atoms with Gasteiger partial charge in [-0.2, -0.15) is 0 Å². The number of rotatable bonds is 5. The normalized spacial score (nSPS) is 20.1. The molecule has 3 unspecified atom stereocenters. The summed E-state index contributed by atoms with van der Waals surface area (Å²) < 4.78 is 0. The molecule has 210 valence electrons. The maximum absolute atomic E-state index is 3.93. The van der Waals surface area contributed by atoms with Crippen molar-refractivity contribution in [1.82, 2.24) is 5.32 Å². The van der Waals surface area contributed by atoms with Gasteiger partial charge < -0.3 is 15.1 Å². The van der Waals surface area contributed by atoms with Crippen LogP contribution >= 0.6 is 0 Å². The van der Waals surface area contributed by atoms with Gasteiger partial charge in [-0.3, -0.25) is 5.32 Å². The van der Waals surface area contributed by atoms with E-state index in [0.717, 1.165) is 5.70 Å². The van der Waals surface area contributed by atoms with Gasteiger partial charge in [-0.25, -0.2) is 0 Å². The Kier molecular flexibility index (Phi) is 5.70. The molecule has 6 aromatic carbocycles. The van der Waals surface area contributed by atoms with Crippen LogP contribution in [0.25, 0.3) is 21.5 Å². The van der Waals surface area contributed by atoms with Crippen LogP contribution in [0, 0.1) is 0 Å². The molecule has 0 aromatic heterocycles. The average molecular weight is 567 g/mol. The Hall–Kier alpha value is -5.54. The minimum Gasteiger partial charge on any atom is -0.359 e. The number of nitrogens with zero attached hydrogens (tertiary/aromatic N) is 2. The summed E-state index contributed by atoms with van der Waals surface area (Å²) in [5.74, 6) is 0. The molecule has 0 radical (unpaired) electrons. The number of nitrogens with one attached hydrogen (secondary N) is 2. The van der Waals surface area contributed by atoms with E-state index in [9.17, 15) is 0 Å². The fourth-order valence-corrected chi connectivity index (χ4v) is 7.06. The van der Waals surface area contributed by atoms with E-state index in [0.29, 0.717) is 0 Å². The summed E-state index contributed by atoms with van der Waals surface area (Å²) in [6, 6.07) is 48.1. The maximum Gasteiger partial charge on any atom is 0.130 e. The van der Waals surface area contributed by atoms with E-state index in [2.05, 4.69) is 172 Å². The molecule has 0 bridgehead atoms. The lowest BCUT2D eigenvalue weighted by Crippen LogP contribution is -2.57. The molecule has 1 aliphatic carbocycles. The third-order valence-electron chi connectivity index (χ3n) is 9.14. The third-order valence-corrected chi connectivity index (χ3v) is 9.14. The largest absolute Gasteiger partial charge is 0.359 e. The lowest BCUT2D eigenvalue weighted by Gasteiger charge is -2.52. The predicted octanol–water partition coefficient (Wildman–Crippen LogP) is 9.34. The minimum absolute atomic E-state index is 0.00690. The molecule has 2 N–H and O–H groups in total. The van der Waals surface area contributed by atoms with Gasteiger partial charge in [-0.05, 0) is 63.2 Å². The quantitative estimate of drug-likeness (QED) is 0.161. The molecule has 3 aliphatic rings. The molecule has 44 heavy (non-hydrogen) atoms. The molecular formula is C40H30N4. The molecular weight excluding hydrogens is 536 g/mol. The fraction of sp³-hybridized carbons (Fsp3) is 0.0750. The monoisotopic (exact) mass is 566 g/mol. The van der Waals surface area contributed by atoms with Gasteiger partial charge >= 0.3 is 0 Å². The van der Waals surface area contributed by atoms with Crippen molar-refractivity contribution >= 4 is 38.6 Å². The van der Waals surface area contributed by atoms with Gasteiger partial charge in [0.1, 0.15) is 18.5 Å². The topological polar surface area (TPSA) is 30.5 Å². The van der Waals surface area contributed by atoms with Crippen molar-refractivity contribution < 1.29 is 0 Å². The van der Waals surface area contributed by atoms with E-state index in [1.54, 1.807) is 0 Å². The van der Waals surface area contributed by atoms with Gasteiger partial charge in [0, 0.05) is 17.1 Å². The van der Waals surface area contributed by atoms with E-state index in [-0.39, 0.29) is 18.5 Å². The van der Waals surface area contributed by atoms with Crippen molar-refractivity contribution in [2.24, 2.45) is 0 Å². The van der Waals surface area contributed by atoms with Crippen LogP contribution in [-0.4, -0.2) is 0 Å². The van der Waals surface area contributed by atoms with Crippen LogP contribution in [0.15, 0.2) is 163 Å². The number of hydrogen-bond acceptors (Lipinski definition) is 4. The number of anilines is 3. The predicted molar refractivity (Wildman–Crippen MR) is 181 cm³/mol. The molecule has 4 heteroatoms. The number of benzene rings is 6. The van der Waals surface area contributed by atoms with Crippen LogP contribution in [0.5, 0.6) is 0 Å². The summed E-state index contributed by atoms with van der Waals surface area (Å²) in [5.41, 5.74) is 11.7. The Balaban J connectivity index is 1.18. The zero-order valence-corrected chi connectivity index (χ0v) is 24.1. The summed E-state index contributed by atoms with van der Waals surface area (Å²) in [6.45, 7) is 0. The Bertz CT molecular complexity index is 2080. The second-order valence-corrected chi connectivity index (χ2v) is 11.6. The van der Waals surface area contributed by atoms with Gasteiger partial charge in [-0.1, -0.05) is 115 Å². The fourth-order valence-electron chi connectivity index (χ4n) is 7.06. The summed E-state index contributed by atoms with van der Waals surface area (Å²) in [6.07, 6.45) is 6.40. The van der Waals surface area contributed by atoms with Crippen molar-refractivity contribution in [3.8, 4) is 0 Å². The molecule has 4 nitrogen and oxygen atoms in total. The number of allylic oxidation sites excluding steroid dienone is 2. The van der Waals surface area contributed by atoms with Crippen molar-refractivity contribution in [2.75, 3.05) is 15.1 Å². The second-order valence-electron chi connectivity index (χ2n) is 11.6. The zero-order chi connectivity index (χ0) is 29.0. The highest BCUT2D eigenvalue weighted by molar-refractivity contribution is 6.17. The summed E-state index contributed by atoms with van der Waals surface area (Å²) in [5, 5.41) is 12.7. The molecule has 0 spiro atoms. The van der Waals surface area contributed by atoms with Gasteiger partial charge in [0.2, 0.25) is 0 Å². The molecule has 3 atom stereocenters. The highest BCUT2D eigenvalue weighted by atomic mass is 15.5. The zero-order valence-electron chi connectivity index (χ0n) is 24.1. The first-order chi connectivity index (χ1) is 21.8. The van der Waals surface area contributed by atoms with Crippen LogP contribution in [0.3, 0.4) is 0 Å². The molecule has 1 fully saturated rings. The van der Waals surface area contributed by atoms with E-state index in [1.807, 2.05) is 6.08 Å². The van der Waals surface area contributed by atoms with Crippen LogP contribution in [0.2, 0.25) is 0 Å². The first kappa shape index (κ1) is 25.0. The summed E-state index contributed by atoms with van der Waals surface area (Å²) in [7, 11) is 0. The van der Waals surface area contributed by atoms with Gasteiger partial charge in [0.25, 0.3) is 0 Å². The molecule has 2 aliphatic heterocycles. The first-order valence-electron chi connectivity index (χ1n) is 15.2. The average Bonchev–Trinajstić information content (AvgIpc) is 3.74. The number of fused-ring (bicyclic) bond motifs is 5. The highest BCUT2D eigenvalue weighted by Gasteiger charge is 2.40. The molecule has 6 aromatic rings. The maximum atomic E-state index is 3.93. The van der Waals surface area contributed by atoms with Crippen molar-refractivity contribution in [3.05, 3.63) is 180 Å². The van der Waals surface area contributed by atoms with E-state index in [4.69, 9.17) is 0 Å². The third kappa shape index (κ3) is 3.90. The Morgan fingerprint density at radius 1 is 0.591 bits per heavy atom. The Morgan fingerprint density at radius 2 is 1.20 bits per heavy atom. The van der Waals surface area contributed by atoms with E-state index in [1.165, 1.54) is 55.3 Å². The highest BCUT2D eigenvalue weighted by Crippen LogP contribution is 2.50. The van der Waals surface area contributed by atoms with Gasteiger partial charge in [0.05, 0.1) is 17.1 Å².